The number of aromatic nitrogens is 1. The highest BCUT2D eigenvalue weighted by atomic mass is 35.5. The molecule has 3 rings (SSSR count). The summed E-state index contributed by atoms with van der Waals surface area (Å²) in [5.74, 6) is 0.511. The fourth-order valence-electron chi connectivity index (χ4n) is 1.87. The molecule has 0 aliphatic carbocycles. The minimum Gasteiger partial charge on any atom is -0.471 e. The summed E-state index contributed by atoms with van der Waals surface area (Å²) in [4.78, 5) is 18.5. The van der Waals surface area contributed by atoms with Crippen LogP contribution in [0, 0.1) is 0 Å². The van der Waals surface area contributed by atoms with Gasteiger partial charge >= 0.3 is 0 Å². The quantitative estimate of drug-likeness (QED) is 0.867. The van der Waals surface area contributed by atoms with E-state index in [0.717, 1.165) is 0 Å². The minimum atomic E-state index is -0.0249. The Morgan fingerprint density at radius 1 is 1.30 bits per heavy atom. The lowest BCUT2D eigenvalue weighted by Crippen LogP contribution is -2.56. The first kappa shape index (κ1) is 13.7. The SMILES string of the molecule is O=C(c1ccc(Cl)s1)N1CC(Oc2ccc(Cl)cn2)C1. The average molecular weight is 329 g/mol. The van der Waals surface area contributed by atoms with Crippen LogP contribution < -0.4 is 4.74 Å². The van der Waals surface area contributed by atoms with E-state index in [2.05, 4.69) is 4.98 Å². The molecular weight excluding hydrogens is 319 g/mol. The highest BCUT2D eigenvalue weighted by Gasteiger charge is 2.33. The van der Waals surface area contributed by atoms with Gasteiger partial charge in [0.05, 0.1) is 27.3 Å². The second-order valence-electron chi connectivity index (χ2n) is 4.37. The Kier molecular flexibility index (Phi) is 3.83. The lowest BCUT2D eigenvalue weighted by Gasteiger charge is -2.38. The van der Waals surface area contributed by atoms with Gasteiger partial charge < -0.3 is 9.64 Å². The summed E-state index contributed by atoms with van der Waals surface area (Å²) in [5, 5.41) is 0.567. The van der Waals surface area contributed by atoms with Crippen molar-refractivity contribution in [2.24, 2.45) is 0 Å². The van der Waals surface area contributed by atoms with Crippen molar-refractivity contribution in [1.82, 2.24) is 9.88 Å². The van der Waals surface area contributed by atoms with Crippen LogP contribution in [0.15, 0.2) is 30.5 Å². The van der Waals surface area contributed by atoms with E-state index in [4.69, 9.17) is 27.9 Å². The molecule has 2 aromatic rings. The summed E-state index contributed by atoms with van der Waals surface area (Å²) in [6, 6.07) is 6.90. The molecule has 20 heavy (non-hydrogen) atoms. The Hall–Kier alpha value is -1.30. The maximum atomic E-state index is 12.1. The van der Waals surface area contributed by atoms with Crippen LogP contribution >= 0.6 is 34.5 Å². The largest absolute Gasteiger partial charge is 0.471 e. The van der Waals surface area contributed by atoms with Crippen molar-refractivity contribution >= 4 is 40.4 Å². The van der Waals surface area contributed by atoms with E-state index in [9.17, 15) is 4.79 Å². The summed E-state index contributed by atoms with van der Waals surface area (Å²) in [5.41, 5.74) is 0. The van der Waals surface area contributed by atoms with E-state index in [1.807, 2.05) is 0 Å². The van der Waals surface area contributed by atoms with Crippen molar-refractivity contribution in [2.45, 2.75) is 6.10 Å². The highest BCUT2D eigenvalue weighted by molar-refractivity contribution is 7.17. The molecule has 104 valence electrons. The number of hydrogen-bond acceptors (Lipinski definition) is 4. The predicted molar refractivity (Wildman–Crippen MR) is 78.9 cm³/mol. The van der Waals surface area contributed by atoms with Crippen LogP contribution in [0.4, 0.5) is 0 Å². The number of halogens is 2. The van der Waals surface area contributed by atoms with Gasteiger partial charge in [0.2, 0.25) is 5.88 Å². The van der Waals surface area contributed by atoms with Crippen molar-refractivity contribution in [2.75, 3.05) is 13.1 Å². The minimum absolute atomic E-state index is 0.00850. The number of amides is 1. The molecule has 0 N–H and O–H groups in total. The fraction of sp³-hybridized carbons (Fsp3) is 0.231. The maximum absolute atomic E-state index is 12.1. The lowest BCUT2D eigenvalue weighted by molar-refractivity contribution is 0.0164. The summed E-state index contributed by atoms with van der Waals surface area (Å²) in [7, 11) is 0. The average Bonchev–Trinajstić information content (AvgIpc) is 2.81. The zero-order chi connectivity index (χ0) is 14.1. The first-order chi connectivity index (χ1) is 9.61. The Balaban J connectivity index is 1.53. The van der Waals surface area contributed by atoms with Gasteiger partial charge in [-0.2, -0.15) is 0 Å². The maximum Gasteiger partial charge on any atom is 0.264 e. The molecule has 3 heterocycles. The molecule has 0 radical (unpaired) electrons. The van der Waals surface area contributed by atoms with Gasteiger partial charge in [0.25, 0.3) is 5.91 Å². The zero-order valence-corrected chi connectivity index (χ0v) is 12.6. The molecule has 0 saturated carbocycles. The summed E-state index contributed by atoms with van der Waals surface area (Å²) < 4.78 is 6.26. The van der Waals surface area contributed by atoms with E-state index < -0.39 is 0 Å². The molecule has 1 saturated heterocycles. The van der Waals surface area contributed by atoms with E-state index >= 15 is 0 Å². The molecule has 0 unspecified atom stereocenters. The topological polar surface area (TPSA) is 42.4 Å². The molecule has 0 aromatic carbocycles. The summed E-state index contributed by atoms with van der Waals surface area (Å²) in [6.45, 7) is 1.11. The Morgan fingerprint density at radius 3 is 2.70 bits per heavy atom. The molecule has 1 amide bonds. The van der Waals surface area contributed by atoms with Crippen molar-refractivity contribution < 1.29 is 9.53 Å². The van der Waals surface area contributed by atoms with Crippen LogP contribution in [0.3, 0.4) is 0 Å². The number of likely N-dealkylation sites (tertiary alicyclic amines) is 1. The van der Waals surface area contributed by atoms with E-state index in [1.54, 1.807) is 29.2 Å². The van der Waals surface area contributed by atoms with Crippen LogP contribution in [0.5, 0.6) is 5.88 Å². The molecular formula is C13H10Cl2N2O2S. The number of rotatable bonds is 3. The van der Waals surface area contributed by atoms with Crippen molar-refractivity contribution in [3.63, 3.8) is 0 Å². The number of hydrogen-bond donors (Lipinski definition) is 0. The molecule has 4 nitrogen and oxygen atoms in total. The molecule has 0 spiro atoms. The fourth-order valence-corrected chi connectivity index (χ4v) is 2.99. The number of pyridine rings is 1. The molecule has 2 aromatic heterocycles. The summed E-state index contributed by atoms with van der Waals surface area (Å²) >= 11 is 12.9. The number of nitrogens with zero attached hydrogens (tertiary/aromatic N) is 2. The molecule has 0 bridgehead atoms. The summed E-state index contributed by atoms with van der Waals surface area (Å²) in [6.07, 6.45) is 1.51. The molecule has 1 aliphatic rings. The Bertz CT molecular complexity index is 624. The smallest absolute Gasteiger partial charge is 0.264 e. The van der Waals surface area contributed by atoms with E-state index in [1.165, 1.54) is 17.5 Å². The molecule has 1 fully saturated rings. The van der Waals surface area contributed by atoms with E-state index in [0.29, 0.717) is 33.2 Å². The van der Waals surface area contributed by atoms with Crippen molar-refractivity contribution in [3.05, 3.63) is 44.7 Å². The van der Waals surface area contributed by atoms with Gasteiger partial charge in [-0.1, -0.05) is 23.2 Å². The van der Waals surface area contributed by atoms with Crippen molar-refractivity contribution in [3.8, 4) is 5.88 Å². The normalized spacial score (nSPS) is 15.0. The molecule has 7 heteroatoms. The number of ether oxygens (including phenoxy) is 1. The van der Waals surface area contributed by atoms with Gasteiger partial charge in [0.15, 0.2) is 0 Å². The van der Waals surface area contributed by atoms with Crippen LogP contribution in [0.25, 0.3) is 0 Å². The number of thiophene rings is 1. The van der Waals surface area contributed by atoms with E-state index in [-0.39, 0.29) is 12.0 Å². The van der Waals surface area contributed by atoms with Crippen LogP contribution in [0.2, 0.25) is 9.36 Å². The van der Waals surface area contributed by atoms with Gasteiger partial charge in [-0.05, 0) is 18.2 Å². The van der Waals surface area contributed by atoms with Gasteiger partial charge in [-0.3, -0.25) is 4.79 Å². The standard InChI is InChI=1S/C13H10Cl2N2O2S/c14-8-1-4-12(16-5-8)19-9-6-17(7-9)13(18)10-2-3-11(15)20-10/h1-5,9H,6-7H2. The third-order valence-electron chi connectivity index (χ3n) is 2.91. The van der Waals surface area contributed by atoms with Crippen LogP contribution in [-0.2, 0) is 0 Å². The van der Waals surface area contributed by atoms with Crippen LogP contribution in [0.1, 0.15) is 9.67 Å². The second-order valence-corrected chi connectivity index (χ2v) is 6.52. The first-order valence-electron chi connectivity index (χ1n) is 5.94. The third kappa shape index (κ3) is 2.90. The van der Waals surface area contributed by atoms with Crippen LogP contribution in [-0.4, -0.2) is 35.0 Å². The first-order valence-corrected chi connectivity index (χ1v) is 7.52. The second kappa shape index (κ2) is 5.60. The lowest BCUT2D eigenvalue weighted by atomic mass is 10.1. The van der Waals surface area contributed by atoms with Crippen molar-refractivity contribution in [1.29, 1.82) is 0 Å². The zero-order valence-electron chi connectivity index (χ0n) is 10.3. The number of carbonyl (C=O) groups excluding carboxylic acids is 1. The predicted octanol–water partition coefficient (Wildman–Crippen LogP) is 3.35. The highest BCUT2D eigenvalue weighted by Crippen LogP contribution is 2.25. The van der Waals surface area contributed by atoms with Gasteiger partial charge in [0.1, 0.15) is 6.10 Å². The van der Waals surface area contributed by atoms with Gasteiger partial charge in [-0.25, -0.2) is 4.98 Å². The molecule has 1 aliphatic heterocycles. The monoisotopic (exact) mass is 328 g/mol. The number of carbonyl (C=O) groups is 1. The van der Waals surface area contributed by atoms with Gasteiger partial charge in [0, 0.05) is 12.3 Å². The molecule has 0 atom stereocenters. The Morgan fingerprint density at radius 2 is 2.10 bits per heavy atom. The van der Waals surface area contributed by atoms with Gasteiger partial charge in [-0.15, -0.1) is 11.3 Å². The third-order valence-corrected chi connectivity index (χ3v) is 4.35. The Labute approximate surface area is 129 Å².